The summed E-state index contributed by atoms with van der Waals surface area (Å²) >= 11 is 0. The molecule has 0 aliphatic carbocycles. The van der Waals surface area contributed by atoms with Gasteiger partial charge in [0.15, 0.2) is 0 Å². The van der Waals surface area contributed by atoms with E-state index in [1.807, 2.05) is 59.5 Å². The average Bonchev–Trinajstić information content (AvgIpc) is 2.69. The van der Waals surface area contributed by atoms with Gasteiger partial charge in [-0.3, -0.25) is 4.79 Å². The smallest absolute Gasteiger partial charge is 0.223 e. The summed E-state index contributed by atoms with van der Waals surface area (Å²) in [5.74, 6) is 0.542. The predicted molar refractivity (Wildman–Crippen MR) is 104 cm³/mol. The summed E-state index contributed by atoms with van der Waals surface area (Å²) in [6, 6.07) is 17.3. The summed E-state index contributed by atoms with van der Waals surface area (Å²) in [7, 11) is -2.55. The minimum atomic E-state index is -2.55. The van der Waals surface area contributed by atoms with Crippen LogP contribution in [0.5, 0.6) is 0 Å². The molecule has 0 aromatic heterocycles. The van der Waals surface area contributed by atoms with E-state index in [4.69, 9.17) is 0 Å². The Labute approximate surface area is 155 Å². The number of likely N-dealkylation sites (tertiary alicyclic amines) is 1. The average molecular weight is 369 g/mol. The van der Waals surface area contributed by atoms with Crippen molar-refractivity contribution in [3.8, 4) is 0 Å². The molecule has 1 saturated heterocycles. The SMILES string of the molecule is O=C(C[C@@H]1C[S@](=O)(c2ccccc2)=Nc2ccccc21)N1CCCCC1. The van der Waals surface area contributed by atoms with E-state index in [-0.39, 0.29) is 11.8 Å². The third-order valence-corrected chi connectivity index (χ3v) is 7.65. The maximum Gasteiger partial charge on any atom is 0.223 e. The van der Waals surface area contributed by atoms with Gasteiger partial charge in [-0.15, -0.1) is 0 Å². The van der Waals surface area contributed by atoms with Gasteiger partial charge in [-0.25, -0.2) is 4.21 Å². The van der Waals surface area contributed by atoms with Crippen molar-refractivity contribution in [1.29, 1.82) is 0 Å². The minimum Gasteiger partial charge on any atom is -0.343 e. The van der Waals surface area contributed by atoms with E-state index < -0.39 is 9.73 Å². The fourth-order valence-electron chi connectivity index (χ4n) is 3.91. The molecule has 4 rings (SSSR count). The summed E-state index contributed by atoms with van der Waals surface area (Å²) in [6.45, 7) is 1.71. The van der Waals surface area contributed by atoms with Crippen molar-refractivity contribution in [2.45, 2.75) is 36.5 Å². The van der Waals surface area contributed by atoms with Crippen LogP contribution in [0.4, 0.5) is 5.69 Å². The van der Waals surface area contributed by atoms with Gasteiger partial charge in [-0.05, 0) is 43.0 Å². The number of fused-ring (bicyclic) bond motifs is 1. The zero-order chi connectivity index (χ0) is 18.0. The second-order valence-corrected chi connectivity index (χ2v) is 9.38. The summed E-state index contributed by atoms with van der Waals surface area (Å²) in [4.78, 5) is 15.6. The number of piperidine rings is 1. The van der Waals surface area contributed by atoms with Gasteiger partial charge in [0.1, 0.15) is 0 Å². The van der Waals surface area contributed by atoms with Gasteiger partial charge < -0.3 is 4.90 Å². The molecule has 0 N–H and O–H groups in total. The zero-order valence-electron chi connectivity index (χ0n) is 14.8. The van der Waals surface area contributed by atoms with Crippen molar-refractivity contribution in [2.75, 3.05) is 18.8 Å². The van der Waals surface area contributed by atoms with Crippen LogP contribution < -0.4 is 0 Å². The molecule has 4 nitrogen and oxygen atoms in total. The van der Waals surface area contributed by atoms with Crippen molar-refractivity contribution >= 4 is 21.3 Å². The monoisotopic (exact) mass is 368 g/mol. The van der Waals surface area contributed by atoms with Crippen molar-refractivity contribution in [3.05, 3.63) is 60.2 Å². The van der Waals surface area contributed by atoms with Crippen LogP contribution >= 0.6 is 0 Å². The van der Waals surface area contributed by atoms with Gasteiger partial charge in [0.05, 0.1) is 15.4 Å². The van der Waals surface area contributed by atoms with E-state index in [9.17, 15) is 9.00 Å². The molecule has 136 valence electrons. The highest BCUT2D eigenvalue weighted by molar-refractivity contribution is 7.93. The van der Waals surface area contributed by atoms with E-state index >= 15 is 0 Å². The molecule has 2 atom stereocenters. The third-order valence-electron chi connectivity index (χ3n) is 5.29. The molecule has 0 unspecified atom stereocenters. The van der Waals surface area contributed by atoms with Crippen LogP contribution in [0.2, 0.25) is 0 Å². The summed E-state index contributed by atoms with van der Waals surface area (Å²) in [5.41, 5.74) is 1.82. The lowest BCUT2D eigenvalue weighted by atomic mass is 9.95. The van der Waals surface area contributed by atoms with Crippen molar-refractivity contribution in [3.63, 3.8) is 0 Å². The molecule has 0 bridgehead atoms. The molecule has 2 aliphatic rings. The normalized spacial score (nSPS) is 25.2. The summed E-state index contributed by atoms with van der Waals surface area (Å²) in [5, 5.41) is 0. The van der Waals surface area contributed by atoms with Crippen LogP contribution in [0.1, 0.15) is 37.2 Å². The molecule has 1 fully saturated rings. The van der Waals surface area contributed by atoms with Crippen LogP contribution in [0.25, 0.3) is 0 Å². The standard InChI is InChI=1S/C21H24N2O2S/c24-21(23-13-7-2-8-14-23)15-17-16-26(25,18-9-3-1-4-10-18)22-20-12-6-5-11-19(17)20/h1,3-6,9-12,17H,2,7-8,13-16H2/t17-,26+/m1/s1. The number of rotatable bonds is 3. The molecule has 2 heterocycles. The van der Waals surface area contributed by atoms with Crippen LogP contribution in [0.3, 0.4) is 0 Å². The fraction of sp³-hybridized carbons (Fsp3) is 0.381. The second-order valence-electron chi connectivity index (χ2n) is 7.11. The highest BCUT2D eigenvalue weighted by Gasteiger charge is 2.31. The number of carbonyl (C=O) groups excluding carboxylic acids is 1. The molecule has 0 saturated carbocycles. The predicted octanol–water partition coefficient (Wildman–Crippen LogP) is 4.35. The van der Waals surface area contributed by atoms with E-state index in [0.717, 1.165) is 42.1 Å². The van der Waals surface area contributed by atoms with Crippen LogP contribution in [0.15, 0.2) is 63.9 Å². The Morgan fingerprint density at radius 2 is 1.69 bits per heavy atom. The van der Waals surface area contributed by atoms with Crippen molar-refractivity contribution < 1.29 is 9.00 Å². The van der Waals surface area contributed by atoms with Gasteiger partial charge in [0.2, 0.25) is 5.91 Å². The maximum atomic E-state index is 13.6. The van der Waals surface area contributed by atoms with E-state index in [1.54, 1.807) is 0 Å². The Hall–Kier alpha value is -2.14. The molecule has 2 aromatic rings. The Morgan fingerprint density at radius 3 is 2.46 bits per heavy atom. The fourth-order valence-corrected chi connectivity index (χ4v) is 6.19. The Kier molecular flexibility index (Phi) is 4.81. The molecule has 26 heavy (non-hydrogen) atoms. The maximum absolute atomic E-state index is 13.6. The number of benzene rings is 2. The lowest BCUT2D eigenvalue weighted by Gasteiger charge is -2.30. The van der Waals surface area contributed by atoms with Gasteiger partial charge >= 0.3 is 0 Å². The largest absolute Gasteiger partial charge is 0.343 e. The quantitative estimate of drug-likeness (QED) is 0.809. The first-order valence-corrected chi connectivity index (χ1v) is 11.0. The van der Waals surface area contributed by atoms with E-state index in [1.165, 1.54) is 6.42 Å². The van der Waals surface area contributed by atoms with Crippen LogP contribution in [0, 0.1) is 0 Å². The molecule has 0 radical (unpaired) electrons. The molecular weight excluding hydrogens is 344 g/mol. The molecule has 2 aliphatic heterocycles. The summed E-state index contributed by atoms with van der Waals surface area (Å²) < 4.78 is 18.3. The minimum absolute atomic E-state index is 0.0502. The van der Waals surface area contributed by atoms with Gasteiger partial charge in [0.25, 0.3) is 0 Å². The van der Waals surface area contributed by atoms with Crippen molar-refractivity contribution in [1.82, 2.24) is 4.90 Å². The lowest BCUT2D eigenvalue weighted by Crippen LogP contribution is -2.37. The number of hydrogen-bond donors (Lipinski definition) is 0. The molecule has 5 heteroatoms. The molecule has 2 aromatic carbocycles. The Morgan fingerprint density at radius 1 is 1.00 bits per heavy atom. The lowest BCUT2D eigenvalue weighted by molar-refractivity contribution is -0.132. The van der Waals surface area contributed by atoms with Crippen molar-refractivity contribution in [2.24, 2.45) is 4.36 Å². The van der Waals surface area contributed by atoms with E-state index in [0.29, 0.717) is 12.2 Å². The van der Waals surface area contributed by atoms with Gasteiger partial charge in [0, 0.05) is 36.1 Å². The summed E-state index contributed by atoms with van der Waals surface area (Å²) in [6.07, 6.45) is 3.79. The number of hydrogen-bond acceptors (Lipinski definition) is 3. The Balaban J connectivity index is 1.67. The first kappa shape index (κ1) is 17.3. The van der Waals surface area contributed by atoms with Gasteiger partial charge in [-0.2, -0.15) is 4.36 Å². The molecular formula is C21H24N2O2S. The van der Waals surface area contributed by atoms with Crippen LogP contribution in [-0.2, 0) is 14.5 Å². The number of amides is 1. The first-order valence-electron chi connectivity index (χ1n) is 9.32. The van der Waals surface area contributed by atoms with Crippen LogP contribution in [-0.4, -0.2) is 33.9 Å². The highest BCUT2D eigenvalue weighted by atomic mass is 32.2. The molecule has 1 amide bonds. The second kappa shape index (κ2) is 7.23. The number of carbonyl (C=O) groups is 1. The van der Waals surface area contributed by atoms with Gasteiger partial charge in [-0.1, -0.05) is 36.4 Å². The van der Waals surface area contributed by atoms with E-state index in [2.05, 4.69) is 4.36 Å². The molecule has 0 spiro atoms. The first-order chi connectivity index (χ1) is 12.7. The number of nitrogens with zero attached hydrogens (tertiary/aromatic N) is 2. The zero-order valence-corrected chi connectivity index (χ0v) is 15.7. The third kappa shape index (κ3) is 3.40. The highest BCUT2D eigenvalue weighted by Crippen LogP contribution is 2.39. The Bertz CT molecular complexity index is 911. The topological polar surface area (TPSA) is 49.7 Å².